The van der Waals surface area contributed by atoms with E-state index in [0.29, 0.717) is 57.3 Å². The number of hydrogen-bond acceptors (Lipinski definition) is 10. The Morgan fingerprint density at radius 3 is 1.83 bits per heavy atom. The lowest BCUT2D eigenvalue weighted by atomic mass is 10.0. The SMILES string of the molecule is COCCOCCOCCN(CC(C)(C)SSC)c1cc(CCS(=O)(=O)O)cc(CCS(=O)(=O)O)c1. The molecule has 0 unspecified atom stereocenters. The fraction of sp³-hybridized carbons (Fsp3) is 0.727. The molecule has 0 atom stereocenters. The molecule has 0 saturated carbocycles. The molecule has 0 heterocycles. The maximum absolute atomic E-state index is 11.3. The molecule has 14 heteroatoms. The highest BCUT2D eigenvalue weighted by atomic mass is 33.1. The second kappa shape index (κ2) is 16.4. The van der Waals surface area contributed by atoms with E-state index >= 15 is 0 Å². The maximum Gasteiger partial charge on any atom is 0.265 e. The average molecular weight is 590 g/mol. The third-order valence-corrected chi connectivity index (χ3v) is 8.93. The van der Waals surface area contributed by atoms with Crippen LogP contribution in [0.15, 0.2) is 18.2 Å². The van der Waals surface area contributed by atoms with E-state index in [-0.39, 0.29) is 17.6 Å². The van der Waals surface area contributed by atoms with Gasteiger partial charge in [-0.3, -0.25) is 9.11 Å². The van der Waals surface area contributed by atoms with Gasteiger partial charge in [-0.05, 0) is 56.2 Å². The molecule has 0 saturated heterocycles. The quantitative estimate of drug-likeness (QED) is 0.131. The monoisotopic (exact) mass is 589 g/mol. The fourth-order valence-electron chi connectivity index (χ4n) is 3.36. The highest BCUT2D eigenvalue weighted by molar-refractivity contribution is 8.77. The van der Waals surface area contributed by atoms with Gasteiger partial charge in [0.05, 0.1) is 44.5 Å². The van der Waals surface area contributed by atoms with Crippen molar-refractivity contribution in [3.8, 4) is 0 Å². The molecule has 210 valence electrons. The van der Waals surface area contributed by atoms with Crippen molar-refractivity contribution in [2.75, 3.05) is 75.9 Å². The first-order valence-electron chi connectivity index (χ1n) is 11.4. The number of hydrogen-bond donors (Lipinski definition) is 2. The molecule has 0 bridgehead atoms. The number of benzene rings is 1. The van der Waals surface area contributed by atoms with Crippen molar-refractivity contribution in [2.45, 2.75) is 31.4 Å². The van der Waals surface area contributed by atoms with Crippen LogP contribution in [0.3, 0.4) is 0 Å². The first-order valence-corrected chi connectivity index (χ1v) is 17.2. The molecule has 36 heavy (non-hydrogen) atoms. The van der Waals surface area contributed by atoms with Gasteiger partial charge in [-0.2, -0.15) is 16.8 Å². The summed E-state index contributed by atoms with van der Waals surface area (Å²) in [5.41, 5.74) is 2.06. The predicted molar refractivity (Wildman–Crippen MR) is 148 cm³/mol. The molecule has 0 aliphatic rings. The average Bonchev–Trinajstić information content (AvgIpc) is 2.76. The maximum atomic E-state index is 11.3. The summed E-state index contributed by atoms with van der Waals surface area (Å²) in [5, 5.41) is 0. The normalized spacial score (nSPS) is 12.7. The van der Waals surface area contributed by atoms with E-state index in [0.717, 1.165) is 5.69 Å². The summed E-state index contributed by atoms with van der Waals surface area (Å²) in [6.45, 7) is 7.72. The lowest BCUT2D eigenvalue weighted by Gasteiger charge is -2.34. The Morgan fingerprint density at radius 2 is 1.36 bits per heavy atom. The Hall–Kier alpha value is -0.580. The van der Waals surface area contributed by atoms with Crippen LogP contribution in [0, 0.1) is 0 Å². The molecule has 1 aromatic carbocycles. The van der Waals surface area contributed by atoms with Crippen LogP contribution in [0.1, 0.15) is 25.0 Å². The minimum absolute atomic E-state index is 0.0671. The van der Waals surface area contributed by atoms with Crippen molar-refractivity contribution in [1.82, 2.24) is 0 Å². The molecule has 0 fully saturated rings. The zero-order valence-electron chi connectivity index (χ0n) is 21.3. The number of nitrogens with zero attached hydrogens (tertiary/aromatic N) is 1. The van der Waals surface area contributed by atoms with Gasteiger partial charge in [-0.25, -0.2) is 0 Å². The van der Waals surface area contributed by atoms with E-state index in [1.807, 2.05) is 18.4 Å². The van der Waals surface area contributed by atoms with Crippen LogP contribution < -0.4 is 4.90 Å². The molecule has 1 aromatic rings. The van der Waals surface area contributed by atoms with Gasteiger partial charge in [0.25, 0.3) is 20.2 Å². The van der Waals surface area contributed by atoms with Crippen LogP contribution in [0.5, 0.6) is 0 Å². The molecule has 0 spiro atoms. The Balaban J connectivity index is 3.10. The minimum atomic E-state index is -4.16. The molecular weight excluding hydrogens is 551 g/mol. The van der Waals surface area contributed by atoms with E-state index in [9.17, 15) is 25.9 Å². The van der Waals surface area contributed by atoms with Crippen LogP contribution in [0.2, 0.25) is 0 Å². The van der Waals surface area contributed by atoms with Crippen molar-refractivity contribution in [3.63, 3.8) is 0 Å². The molecule has 0 amide bonds. The first kappa shape index (κ1) is 33.4. The lowest BCUT2D eigenvalue weighted by Crippen LogP contribution is -2.38. The summed E-state index contributed by atoms with van der Waals surface area (Å²) in [4.78, 5) is 2.11. The summed E-state index contributed by atoms with van der Waals surface area (Å²) >= 11 is 0. The zero-order chi connectivity index (χ0) is 27.2. The van der Waals surface area contributed by atoms with E-state index < -0.39 is 31.7 Å². The van der Waals surface area contributed by atoms with Crippen molar-refractivity contribution in [2.24, 2.45) is 0 Å². The number of rotatable bonds is 20. The first-order chi connectivity index (χ1) is 16.7. The molecule has 10 nitrogen and oxygen atoms in total. The summed E-state index contributed by atoms with van der Waals surface area (Å²) in [7, 11) is -3.34. The van der Waals surface area contributed by atoms with Crippen LogP contribution >= 0.6 is 21.6 Å². The van der Waals surface area contributed by atoms with Gasteiger partial charge < -0.3 is 19.1 Å². The Kier molecular flexibility index (Phi) is 15.2. The van der Waals surface area contributed by atoms with Gasteiger partial charge in [0, 0.05) is 30.6 Å². The van der Waals surface area contributed by atoms with Gasteiger partial charge in [0.15, 0.2) is 0 Å². The predicted octanol–water partition coefficient (Wildman–Crippen LogP) is 2.82. The molecular formula is C22H39NO9S4. The molecule has 2 N–H and O–H groups in total. The second-order valence-electron chi connectivity index (χ2n) is 8.73. The van der Waals surface area contributed by atoms with Crippen molar-refractivity contribution >= 4 is 47.5 Å². The molecule has 0 aromatic heterocycles. The van der Waals surface area contributed by atoms with Crippen LogP contribution in [-0.2, 0) is 47.3 Å². The smallest absolute Gasteiger partial charge is 0.265 e. The van der Waals surface area contributed by atoms with E-state index in [1.165, 1.54) is 0 Å². The molecule has 0 aliphatic heterocycles. The fourth-order valence-corrected chi connectivity index (χ4v) is 6.52. The highest BCUT2D eigenvalue weighted by Crippen LogP contribution is 2.35. The number of aryl methyl sites for hydroxylation is 2. The van der Waals surface area contributed by atoms with Crippen molar-refractivity contribution in [1.29, 1.82) is 0 Å². The number of ether oxygens (including phenoxy) is 3. The largest absolute Gasteiger partial charge is 0.382 e. The van der Waals surface area contributed by atoms with Crippen LogP contribution in [0.25, 0.3) is 0 Å². The molecule has 0 aliphatic carbocycles. The number of anilines is 1. The molecule has 0 radical (unpaired) electrons. The van der Waals surface area contributed by atoms with Crippen molar-refractivity contribution in [3.05, 3.63) is 29.3 Å². The highest BCUT2D eigenvalue weighted by Gasteiger charge is 2.23. The van der Waals surface area contributed by atoms with Gasteiger partial charge in [0.2, 0.25) is 0 Å². The Bertz CT molecular complexity index is 931. The zero-order valence-corrected chi connectivity index (χ0v) is 24.6. The molecule has 1 rings (SSSR count). The van der Waals surface area contributed by atoms with Crippen molar-refractivity contribution < 1.29 is 40.2 Å². The summed E-state index contributed by atoms with van der Waals surface area (Å²) in [6, 6.07) is 5.39. The van der Waals surface area contributed by atoms with E-state index in [1.54, 1.807) is 34.8 Å². The lowest BCUT2D eigenvalue weighted by molar-refractivity contribution is 0.0264. The summed E-state index contributed by atoms with van der Waals surface area (Å²) < 4.78 is 79.6. The Morgan fingerprint density at radius 1 is 0.861 bits per heavy atom. The van der Waals surface area contributed by atoms with E-state index in [2.05, 4.69) is 18.7 Å². The van der Waals surface area contributed by atoms with Crippen LogP contribution in [-0.4, -0.2) is 102 Å². The number of methoxy groups -OCH3 is 1. The Labute approximate surface area is 223 Å². The summed E-state index contributed by atoms with van der Waals surface area (Å²) in [6.07, 6.45) is 2.14. The third-order valence-electron chi connectivity index (χ3n) is 4.89. The minimum Gasteiger partial charge on any atom is -0.382 e. The van der Waals surface area contributed by atoms with Crippen LogP contribution in [0.4, 0.5) is 5.69 Å². The standard InChI is InChI=1S/C22H39NO9S4/c1-22(2,34-33-4)18-23(7-8-31-11-12-32-10-9-30-3)21-16-19(5-13-35(24,25)26)15-20(17-21)6-14-36(27,28)29/h15-17H,5-14,18H2,1-4H3,(H,24,25,26)(H,27,28,29). The summed E-state index contributed by atoms with van der Waals surface area (Å²) in [5.74, 6) is -0.900. The van der Waals surface area contributed by atoms with Gasteiger partial charge in [0.1, 0.15) is 0 Å². The van der Waals surface area contributed by atoms with Gasteiger partial charge in [-0.1, -0.05) is 27.7 Å². The van der Waals surface area contributed by atoms with Gasteiger partial charge in [-0.15, -0.1) is 0 Å². The second-order valence-corrected chi connectivity index (χ2v) is 15.0. The van der Waals surface area contributed by atoms with E-state index in [4.69, 9.17) is 14.2 Å². The van der Waals surface area contributed by atoms with Gasteiger partial charge >= 0.3 is 0 Å². The topological polar surface area (TPSA) is 140 Å². The third kappa shape index (κ3) is 16.3.